The molecule has 0 spiro atoms. The van der Waals surface area contributed by atoms with E-state index in [2.05, 4.69) is 204 Å². The first-order valence-corrected chi connectivity index (χ1v) is 22.2. The van der Waals surface area contributed by atoms with Gasteiger partial charge in [0.25, 0.3) is 0 Å². The topological polar surface area (TPSA) is 21.3 Å². The number of benzene rings is 9. The van der Waals surface area contributed by atoms with E-state index in [-0.39, 0.29) is 17.7 Å². The van der Waals surface area contributed by atoms with E-state index in [9.17, 15) is 0 Å². The summed E-state index contributed by atoms with van der Waals surface area (Å²) in [6, 6.07) is 53.1. The lowest BCUT2D eigenvalue weighted by Crippen LogP contribution is -2.56. The van der Waals surface area contributed by atoms with Crippen molar-refractivity contribution in [1.82, 2.24) is 4.48 Å². The second-order valence-corrected chi connectivity index (χ2v) is 20.2. The fourth-order valence-corrected chi connectivity index (χ4v) is 11.5. The molecule has 62 heavy (non-hydrogen) atoms. The van der Waals surface area contributed by atoms with Crippen molar-refractivity contribution in [2.24, 2.45) is 0 Å². The number of para-hydroxylation sites is 2. The van der Waals surface area contributed by atoms with Crippen LogP contribution in [0.15, 0.2) is 144 Å². The van der Waals surface area contributed by atoms with E-state index >= 15 is 0 Å². The van der Waals surface area contributed by atoms with E-state index in [1.807, 2.05) is 0 Å². The zero-order valence-corrected chi connectivity index (χ0v) is 36.7. The fourth-order valence-electron chi connectivity index (χ4n) is 11.5. The summed E-state index contributed by atoms with van der Waals surface area (Å²) >= 11 is 0. The predicted octanol–water partition coefficient (Wildman–Crippen LogP) is 14.8. The first-order chi connectivity index (χ1) is 29.9. The van der Waals surface area contributed by atoms with Crippen molar-refractivity contribution in [2.45, 2.75) is 66.2 Å². The van der Waals surface area contributed by atoms with Gasteiger partial charge in [0.15, 0.2) is 0 Å². The van der Waals surface area contributed by atoms with Gasteiger partial charge in [-0.15, -0.1) is 0 Å². The summed E-state index contributed by atoms with van der Waals surface area (Å²) in [6.07, 6.45) is 0. The van der Waals surface area contributed by atoms with Crippen molar-refractivity contribution < 1.29 is 4.42 Å². The highest BCUT2D eigenvalue weighted by Gasteiger charge is 2.45. The molecular formula is C58H47BN2O. The minimum Gasteiger partial charge on any atom is -0.456 e. The maximum atomic E-state index is 6.83. The third-order valence-corrected chi connectivity index (χ3v) is 14.6. The number of hydrogen-bond acceptors (Lipinski definition) is 2. The van der Waals surface area contributed by atoms with Gasteiger partial charge in [-0.05, 0) is 138 Å². The molecule has 13 rings (SSSR count). The third kappa shape index (κ3) is 4.62. The van der Waals surface area contributed by atoms with Gasteiger partial charge in [0.05, 0.1) is 0 Å². The van der Waals surface area contributed by atoms with Crippen LogP contribution in [-0.2, 0) is 10.8 Å². The summed E-state index contributed by atoms with van der Waals surface area (Å²) in [5.41, 5.74) is 18.5. The Morgan fingerprint density at radius 3 is 1.79 bits per heavy atom. The normalized spacial score (nSPS) is 13.7. The quantitative estimate of drug-likeness (QED) is 0.122. The Morgan fingerprint density at radius 2 is 1.10 bits per heavy atom. The average Bonchev–Trinajstić information content (AvgIpc) is 3.81. The van der Waals surface area contributed by atoms with Crippen molar-refractivity contribution in [3.63, 3.8) is 0 Å². The molecule has 2 aromatic heterocycles. The van der Waals surface area contributed by atoms with E-state index in [0.29, 0.717) is 0 Å². The Balaban J connectivity index is 1.28. The molecule has 11 aromatic rings. The largest absolute Gasteiger partial charge is 0.456 e. The highest BCUT2D eigenvalue weighted by atomic mass is 16.3. The van der Waals surface area contributed by atoms with Gasteiger partial charge in [-0.3, -0.25) is 0 Å². The van der Waals surface area contributed by atoms with Gasteiger partial charge in [-0.2, -0.15) is 0 Å². The van der Waals surface area contributed by atoms with Gasteiger partial charge in [0.1, 0.15) is 11.2 Å². The summed E-state index contributed by atoms with van der Waals surface area (Å²) in [5, 5.41) is 12.7. The zero-order chi connectivity index (χ0) is 42.1. The molecule has 2 aliphatic heterocycles. The number of fused-ring (bicyclic) bond motifs is 15. The SMILES string of the molecule is Cc1c2ccccc2c(C)c2cc3c(cc12)B1c2c(cc4ccccc4c2-c2cc4oc5ccccc5c4c4c5ccccc5n1c24)N3c1cc(C(C)(C)C)cc(C(C)(C)C)c1. The lowest BCUT2D eigenvalue weighted by Gasteiger charge is -2.42. The van der Waals surface area contributed by atoms with E-state index in [4.69, 9.17) is 4.42 Å². The number of furan rings is 1. The summed E-state index contributed by atoms with van der Waals surface area (Å²) in [4.78, 5) is 2.64. The lowest BCUT2D eigenvalue weighted by molar-refractivity contribution is 0.569. The first kappa shape index (κ1) is 35.9. The molecule has 3 nitrogen and oxygen atoms in total. The Bertz CT molecular complexity index is 3780. The molecule has 0 saturated heterocycles. The fraction of sp³-hybridized carbons (Fsp3) is 0.172. The minimum atomic E-state index is -0.0927. The van der Waals surface area contributed by atoms with Gasteiger partial charge in [-0.25, -0.2) is 0 Å². The van der Waals surface area contributed by atoms with E-state index in [1.165, 1.54) is 121 Å². The summed E-state index contributed by atoms with van der Waals surface area (Å²) in [7, 11) is 0. The van der Waals surface area contributed by atoms with Gasteiger partial charge >= 0.3 is 6.85 Å². The number of anilines is 3. The second-order valence-electron chi connectivity index (χ2n) is 20.2. The Hall–Kier alpha value is -6.78. The average molecular weight is 799 g/mol. The Morgan fingerprint density at radius 1 is 0.500 bits per heavy atom. The highest BCUT2D eigenvalue weighted by molar-refractivity contribution is 6.90. The molecule has 0 amide bonds. The van der Waals surface area contributed by atoms with Gasteiger partial charge < -0.3 is 13.8 Å². The molecule has 298 valence electrons. The number of nitrogens with zero attached hydrogens (tertiary/aromatic N) is 2. The monoisotopic (exact) mass is 798 g/mol. The highest BCUT2D eigenvalue weighted by Crippen LogP contribution is 2.52. The summed E-state index contributed by atoms with van der Waals surface area (Å²) in [6.45, 7) is 18.6. The van der Waals surface area contributed by atoms with Crippen LogP contribution in [-0.4, -0.2) is 11.3 Å². The Labute approximate surface area is 362 Å². The standard InChI is InChI=1S/C58H47BN2O/c1-32-38-18-11-12-19-39(38)33(2)44-30-48-46(29-43(32)44)59-55-49(60(48)37-27-35(57(3,4)5)26-36(28-37)58(6,7)8)25-34-17-9-10-20-40(34)52(55)45-31-51-53(42-22-14-16-24-50(42)62-51)54-41-21-13-15-23-47(41)61(59)56(45)54/h9-31H,1-8H3. The molecule has 9 aromatic carbocycles. The molecule has 4 heteroatoms. The predicted molar refractivity (Wildman–Crippen MR) is 267 cm³/mol. The maximum Gasteiger partial charge on any atom is 0.333 e. The molecule has 0 N–H and O–H groups in total. The van der Waals surface area contributed by atoms with Crippen LogP contribution in [0.2, 0.25) is 0 Å². The molecule has 0 atom stereocenters. The van der Waals surface area contributed by atoms with Crippen molar-refractivity contribution in [3.8, 4) is 11.1 Å². The molecule has 0 bridgehead atoms. The molecule has 0 radical (unpaired) electrons. The zero-order valence-electron chi connectivity index (χ0n) is 36.7. The van der Waals surface area contributed by atoms with Crippen LogP contribution >= 0.6 is 0 Å². The molecule has 0 saturated carbocycles. The molecule has 2 aliphatic rings. The molecular weight excluding hydrogens is 751 g/mol. The van der Waals surface area contributed by atoms with Gasteiger partial charge in [-0.1, -0.05) is 139 Å². The first-order valence-electron chi connectivity index (χ1n) is 22.2. The smallest absolute Gasteiger partial charge is 0.333 e. The summed E-state index contributed by atoms with van der Waals surface area (Å²) < 4.78 is 9.54. The van der Waals surface area contributed by atoms with Crippen LogP contribution < -0.4 is 15.8 Å². The summed E-state index contributed by atoms with van der Waals surface area (Å²) in [5.74, 6) is 0. The van der Waals surface area contributed by atoms with Crippen LogP contribution in [0.25, 0.3) is 87.2 Å². The van der Waals surface area contributed by atoms with E-state index < -0.39 is 0 Å². The molecule has 4 heterocycles. The van der Waals surface area contributed by atoms with Gasteiger partial charge in [0.2, 0.25) is 0 Å². The minimum absolute atomic E-state index is 0.0530. The number of hydrogen-bond donors (Lipinski definition) is 0. The number of aromatic nitrogens is 1. The number of rotatable bonds is 1. The van der Waals surface area contributed by atoms with E-state index in [0.717, 1.165) is 16.6 Å². The van der Waals surface area contributed by atoms with E-state index in [1.54, 1.807) is 0 Å². The third-order valence-electron chi connectivity index (χ3n) is 14.6. The lowest BCUT2D eigenvalue weighted by atomic mass is 9.44. The molecule has 0 fully saturated rings. The molecule has 0 aliphatic carbocycles. The van der Waals surface area contributed by atoms with Crippen LogP contribution in [0.5, 0.6) is 0 Å². The maximum absolute atomic E-state index is 6.83. The van der Waals surface area contributed by atoms with Crippen molar-refractivity contribution in [2.75, 3.05) is 4.90 Å². The molecule has 0 unspecified atom stereocenters. The van der Waals surface area contributed by atoms with Crippen molar-refractivity contribution in [1.29, 1.82) is 0 Å². The van der Waals surface area contributed by atoms with Crippen molar-refractivity contribution in [3.05, 3.63) is 162 Å². The van der Waals surface area contributed by atoms with Crippen molar-refractivity contribution >= 4 is 111 Å². The van der Waals surface area contributed by atoms with Crippen LogP contribution in [0, 0.1) is 13.8 Å². The number of aryl methyl sites for hydroxylation is 2. The van der Waals surface area contributed by atoms with Crippen LogP contribution in [0.3, 0.4) is 0 Å². The van der Waals surface area contributed by atoms with Crippen LogP contribution in [0.4, 0.5) is 17.1 Å². The van der Waals surface area contributed by atoms with Gasteiger partial charge in [0, 0.05) is 55.2 Å². The Kier molecular flexibility index (Phi) is 6.94. The second kappa shape index (κ2) is 12.0. The van der Waals surface area contributed by atoms with Crippen LogP contribution in [0.1, 0.15) is 63.8 Å².